The van der Waals surface area contributed by atoms with Crippen LogP contribution in [-0.4, -0.2) is 34.1 Å². The van der Waals surface area contributed by atoms with Gasteiger partial charge in [-0.3, -0.25) is 4.90 Å². The van der Waals surface area contributed by atoms with Crippen molar-refractivity contribution < 1.29 is 31.4 Å². The summed E-state index contributed by atoms with van der Waals surface area (Å²) in [5.41, 5.74) is -2.60. The van der Waals surface area contributed by atoms with Gasteiger partial charge in [0, 0.05) is 18.0 Å². The lowest BCUT2D eigenvalue weighted by atomic mass is 9.90. The lowest BCUT2D eigenvalue weighted by molar-refractivity contribution is -0.142. The Bertz CT molecular complexity index is 1130. The number of piperidine rings is 1. The number of likely N-dealkylation sites (tertiary alicyclic amines) is 1. The normalized spacial score (nSPS) is 18.9. The van der Waals surface area contributed by atoms with Gasteiger partial charge in [-0.1, -0.05) is 48.9 Å². The molecule has 1 saturated heterocycles. The summed E-state index contributed by atoms with van der Waals surface area (Å²) in [6, 6.07) is 13.0. The highest BCUT2D eigenvalue weighted by Gasteiger charge is 2.39. The number of halogens is 6. The van der Waals surface area contributed by atoms with Gasteiger partial charge in [0.05, 0.1) is 17.2 Å². The molecule has 1 unspecified atom stereocenters. The molecule has 34 heavy (non-hydrogen) atoms. The molecule has 2 atom stereocenters. The molecule has 1 aromatic heterocycles. The van der Waals surface area contributed by atoms with Crippen LogP contribution in [0.4, 0.5) is 26.3 Å². The minimum Gasteiger partial charge on any atom is -0.387 e. The zero-order valence-corrected chi connectivity index (χ0v) is 18.2. The lowest BCUT2D eigenvalue weighted by Crippen LogP contribution is -2.44. The van der Waals surface area contributed by atoms with Crippen LogP contribution in [0.5, 0.6) is 0 Å². The third kappa shape index (κ3) is 5.20. The predicted molar refractivity (Wildman–Crippen MR) is 116 cm³/mol. The van der Waals surface area contributed by atoms with Gasteiger partial charge in [-0.25, -0.2) is 4.98 Å². The van der Waals surface area contributed by atoms with E-state index in [0.717, 1.165) is 24.5 Å². The molecule has 3 nitrogen and oxygen atoms in total. The number of pyridine rings is 1. The molecule has 2 aromatic carbocycles. The molecule has 1 aliphatic rings. The van der Waals surface area contributed by atoms with E-state index < -0.39 is 41.3 Å². The van der Waals surface area contributed by atoms with Gasteiger partial charge < -0.3 is 5.11 Å². The molecule has 0 radical (unpaired) electrons. The first-order chi connectivity index (χ1) is 16.1. The van der Waals surface area contributed by atoms with E-state index in [1.165, 1.54) is 6.07 Å². The average Bonchev–Trinajstić information content (AvgIpc) is 2.81. The molecule has 0 saturated carbocycles. The summed E-state index contributed by atoms with van der Waals surface area (Å²) in [5, 5.41) is 11.2. The Labute approximate surface area is 193 Å². The van der Waals surface area contributed by atoms with Crippen molar-refractivity contribution in [3.05, 3.63) is 77.0 Å². The summed E-state index contributed by atoms with van der Waals surface area (Å²) < 4.78 is 81.4. The van der Waals surface area contributed by atoms with Crippen LogP contribution in [-0.2, 0) is 18.8 Å². The van der Waals surface area contributed by atoms with Gasteiger partial charge in [-0.2, -0.15) is 26.3 Å². The Morgan fingerprint density at radius 1 is 0.941 bits per heavy atom. The van der Waals surface area contributed by atoms with E-state index in [1.54, 1.807) is 0 Å². The van der Waals surface area contributed by atoms with Gasteiger partial charge in [0.25, 0.3) is 0 Å². The lowest BCUT2D eigenvalue weighted by Gasteiger charge is -2.39. The number of aliphatic hydroxyl groups is 1. The number of rotatable bonds is 5. The van der Waals surface area contributed by atoms with Crippen molar-refractivity contribution in [2.45, 2.75) is 50.2 Å². The number of hydrogen-bond donors (Lipinski definition) is 1. The van der Waals surface area contributed by atoms with E-state index in [2.05, 4.69) is 4.98 Å². The summed E-state index contributed by atoms with van der Waals surface area (Å²) in [6.07, 6.45) is -8.38. The molecule has 4 rings (SSSR count). The third-order valence-corrected chi connectivity index (χ3v) is 6.35. The molecule has 9 heteroatoms. The Kier molecular flexibility index (Phi) is 6.87. The highest BCUT2D eigenvalue weighted by atomic mass is 19.4. The summed E-state index contributed by atoms with van der Waals surface area (Å²) in [6.45, 7) is 1.23. The predicted octanol–water partition coefficient (Wildman–Crippen LogP) is 6.40. The van der Waals surface area contributed by atoms with E-state index in [4.69, 9.17) is 0 Å². The van der Waals surface area contributed by atoms with Crippen molar-refractivity contribution in [2.24, 2.45) is 0 Å². The van der Waals surface area contributed by atoms with E-state index in [0.29, 0.717) is 38.1 Å². The van der Waals surface area contributed by atoms with Crippen LogP contribution < -0.4 is 0 Å². The van der Waals surface area contributed by atoms with E-state index >= 15 is 0 Å². The number of alkyl halides is 6. The van der Waals surface area contributed by atoms with Crippen molar-refractivity contribution in [3.63, 3.8) is 0 Å². The summed E-state index contributed by atoms with van der Waals surface area (Å²) in [4.78, 5) is 5.35. The smallest absolute Gasteiger partial charge is 0.387 e. The highest BCUT2D eigenvalue weighted by molar-refractivity contribution is 5.86. The first kappa shape index (κ1) is 24.5. The third-order valence-electron chi connectivity index (χ3n) is 6.35. The van der Waals surface area contributed by atoms with Crippen LogP contribution in [0, 0.1) is 0 Å². The molecule has 3 aromatic rings. The first-order valence-corrected chi connectivity index (χ1v) is 11.1. The second kappa shape index (κ2) is 9.54. The molecule has 0 aliphatic carbocycles. The van der Waals surface area contributed by atoms with Gasteiger partial charge in [0.1, 0.15) is 5.69 Å². The highest BCUT2D eigenvalue weighted by Crippen LogP contribution is 2.40. The van der Waals surface area contributed by atoms with Crippen LogP contribution in [0.2, 0.25) is 0 Å². The maximum atomic E-state index is 13.6. The van der Waals surface area contributed by atoms with Gasteiger partial charge in [-0.15, -0.1) is 0 Å². The first-order valence-electron chi connectivity index (χ1n) is 11.1. The molecular formula is C25H24F6N2O. The largest absolute Gasteiger partial charge is 0.433 e. The minimum atomic E-state index is -4.96. The maximum absolute atomic E-state index is 13.6. The molecule has 0 bridgehead atoms. The minimum absolute atomic E-state index is 0.121. The molecule has 1 N–H and O–H groups in total. The van der Waals surface area contributed by atoms with Gasteiger partial charge in [-0.05, 0) is 49.1 Å². The maximum Gasteiger partial charge on any atom is 0.433 e. The molecule has 0 amide bonds. The quantitative estimate of drug-likeness (QED) is 0.428. The number of aromatic nitrogens is 1. The van der Waals surface area contributed by atoms with E-state index in [-0.39, 0.29) is 10.9 Å². The number of aliphatic hydroxyl groups excluding tert-OH is 1. The van der Waals surface area contributed by atoms with Crippen molar-refractivity contribution in [1.29, 1.82) is 0 Å². The van der Waals surface area contributed by atoms with Crippen molar-refractivity contribution in [1.82, 2.24) is 9.88 Å². The second-order valence-electron chi connectivity index (χ2n) is 8.57. The monoisotopic (exact) mass is 482 g/mol. The second-order valence-corrected chi connectivity index (χ2v) is 8.57. The summed E-state index contributed by atoms with van der Waals surface area (Å²) in [5.74, 6) is 0. The molecule has 1 fully saturated rings. The fourth-order valence-corrected chi connectivity index (χ4v) is 4.67. The van der Waals surface area contributed by atoms with Crippen molar-refractivity contribution >= 4 is 10.9 Å². The van der Waals surface area contributed by atoms with Crippen LogP contribution in [0.15, 0.2) is 54.6 Å². The number of nitrogens with zero attached hydrogens (tertiary/aromatic N) is 2. The van der Waals surface area contributed by atoms with Crippen LogP contribution in [0.25, 0.3) is 10.9 Å². The summed E-state index contributed by atoms with van der Waals surface area (Å²) in [7, 11) is 0. The zero-order chi connectivity index (χ0) is 24.5. The fourth-order valence-electron chi connectivity index (χ4n) is 4.67. The fraction of sp³-hybridized carbons (Fsp3) is 0.400. The molecule has 1 aliphatic heterocycles. The Hall–Kier alpha value is -2.65. The molecule has 182 valence electrons. The SMILES string of the molecule is O[C@H](c1cc(C(F)(F)F)nc2c(C(F)(F)F)cccc12)C1CCCCN1CCc1ccccc1. The number of hydrogen-bond acceptors (Lipinski definition) is 3. The van der Waals surface area contributed by atoms with Crippen molar-refractivity contribution in [2.75, 3.05) is 13.1 Å². The van der Waals surface area contributed by atoms with Gasteiger partial charge >= 0.3 is 12.4 Å². The Morgan fingerprint density at radius 3 is 2.35 bits per heavy atom. The van der Waals surface area contributed by atoms with Gasteiger partial charge in [0.2, 0.25) is 0 Å². The van der Waals surface area contributed by atoms with Crippen LogP contribution in [0.3, 0.4) is 0 Å². The Balaban J connectivity index is 1.74. The topological polar surface area (TPSA) is 36.4 Å². The van der Waals surface area contributed by atoms with Gasteiger partial charge in [0.15, 0.2) is 0 Å². The van der Waals surface area contributed by atoms with E-state index in [9.17, 15) is 31.4 Å². The molecule has 2 heterocycles. The van der Waals surface area contributed by atoms with Crippen molar-refractivity contribution in [3.8, 4) is 0 Å². The number of para-hydroxylation sites is 1. The number of fused-ring (bicyclic) bond motifs is 1. The average molecular weight is 482 g/mol. The zero-order valence-electron chi connectivity index (χ0n) is 18.2. The molecular weight excluding hydrogens is 458 g/mol. The summed E-state index contributed by atoms with van der Waals surface area (Å²) >= 11 is 0. The van der Waals surface area contributed by atoms with Crippen LogP contribution >= 0.6 is 0 Å². The Morgan fingerprint density at radius 2 is 1.68 bits per heavy atom. The van der Waals surface area contributed by atoms with Crippen LogP contribution in [0.1, 0.15) is 47.8 Å². The van der Waals surface area contributed by atoms with E-state index in [1.807, 2.05) is 35.2 Å². The molecule has 0 spiro atoms. The standard InChI is InChI=1S/C25H24F6N2O/c26-24(27,28)19-10-6-9-17-18(15-21(25(29,30)31)32-22(17)19)23(34)20-11-4-5-13-33(20)14-12-16-7-2-1-3-8-16/h1-3,6-10,15,20,23,34H,4-5,11-14H2/t20?,23-/m1/s1. The number of benzene rings is 2.